The second-order valence-corrected chi connectivity index (χ2v) is 5.36. The van der Waals surface area contributed by atoms with Gasteiger partial charge in [0, 0.05) is 18.7 Å². The third kappa shape index (κ3) is 4.52. The Morgan fingerprint density at radius 3 is 2.67 bits per heavy atom. The van der Waals surface area contributed by atoms with Gasteiger partial charge < -0.3 is 10.1 Å². The van der Waals surface area contributed by atoms with Gasteiger partial charge in [-0.1, -0.05) is 20.3 Å². The summed E-state index contributed by atoms with van der Waals surface area (Å²) in [6, 6.07) is 1.36. The van der Waals surface area contributed by atoms with Gasteiger partial charge in [0.2, 0.25) is 0 Å². The average Bonchev–Trinajstić information content (AvgIpc) is 2.15. The number of hydrogen-bond donors (Lipinski definition) is 1. The lowest BCUT2D eigenvalue weighted by atomic mass is 9.93. The lowest BCUT2D eigenvalue weighted by Crippen LogP contribution is -2.47. The van der Waals surface area contributed by atoms with Crippen LogP contribution in [0.3, 0.4) is 0 Å². The topological polar surface area (TPSA) is 21.3 Å². The Morgan fingerprint density at radius 1 is 1.40 bits per heavy atom. The maximum absolute atomic E-state index is 5.73. The van der Waals surface area contributed by atoms with Crippen LogP contribution in [0, 0.1) is 0 Å². The van der Waals surface area contributed by atoms with E-state index in [-0.39, 0.29) is 5.60 Å². The van der Waals surface area contributed by atoms with E-state index in [0.29, 0.717) is 12.1 Å². The smallest absolute Gasteiger partial charge is 0.0641 e. The van der Waals surface area contributed by atoms with Gasteiger partial charge in [-0.2, -0.15) is 0 Å². The Hall–Kier alpha value is -0.0800. The highest BCUT2D eigenvalue weighted by molar-refractivity contribution is 4.84. The molecule has 1 N–H and O–H groups in total. The predicted octanol–water partition coefficient (Wildman–Crippen LogP) is 3.11. The first-order valence-electron chi connectivity index (χ1n) is 6.47. The van der Waals surface area contributed by atoms with Crippen LogP contribution < -0.4 is 5.32 Å². The van der Waals surface area contributed by atoms with Crippen LogP contribution in [0.25, 0.3) is 0 Å². The summed E-state index contributed by atoms with van der Waals surface area (Å²) in [6.07, 6.45) is 6.13. The van der Waals surface area contributed by atoms with Crippen molar-refractivity contribution in [2.24, 2.45) is 0 Å². The second kappa shape index (κ2) is 5.86. The maximum atomic E-state index is 5.73. The summed E-state index contributed by atoms with van der Waals surface area (Å²) in [5.41, 5.74) is 0.0699. The van der Waals surface area contributed by atoms with Gasteiger partial charge in [-0.15, -0.1) is 0 Å². The van der Waals surface area contributed by atoms with Gasteiger partial charge in [0.05, 0.1) is 5.60 Å². The number of hydrogen-bond acceptors (Lipinski definition) is 2. The van der Waals surface area contributed by atoms with Crippen molar-refractivity contribution in [2.45, 2.75) is 77.5 Å². The molecule has 1 aliphatic rings. The fraction of sp³-hybridized carbons (Fsp3) is 1.00. The van der Waals surface area contributed by atoms with Gasteiger partial charge in [-0.25, -0.2) is 0 Å². The van der Waals surface area contributed by atoms with E-state index in [1.54, 1.807) is 0 Å². The minimum Gasteiger partial charge on any atom is -0.375 e. The SMILES string of the molecule is CCCC(CC)NC1CCOC(C)(C)C1. The van der Waals surface area contributed by atoms with Crippen LogP contribution in [-0.2, 0) is 4.74 Å². The summed E-state index contributed by atoms with van der Waals surface area (Å²) in [7, 11) is 0. The lowest BCUT2D eigenvalue weighted by molar-refractivity contribution is -0.0643. The van der Waals surface area contributed by atoms with E-state index < -0.39 is 0 Å². The predicted molar refractivity (Wildman–Crippen MR) is 65.2 cm³/mol. The summed E-state index contributed by atoms with van der Waals surface area (Å²) in [5, 5.41) is 3.78. The first kappa shape index (κ1) is 13.0. The normalized spacial score (nSPS) is 27.6. The molecule has 0 saturated carbocycles. The third-order valence-corrected chi connectivity index (χ3v) is 3.30. The van der Waals surface area contributed by atoms with Gasteiger partial charge in [-0.05, 0) is 39.5 Å². The van der Waals surface area contributed by atoms with Crippen molar-refractivity contribution in [2.75, 3.05) is 6.61 Å². The molecule has 2 atom stereocenters. The Balaban J connectivity index is 2.36. The van der Waals surface area contributed by atoms with Gasteiger partial charge in [0.25, 0.3) is 0 Å². The van der Waals surface area contributed by atoms with Crippen LogP contribution in [-0.4, -0.2) is 24.3 Å². The number of rotatable bonds is 5. The van der Waals surface area contributed by atoms with Crippen LogP contribution >= 0.6 is 0 Å². The molecular formula is C13H27NO. The van der Waals surface area contributed by atoms with Crippen molar-refractivity contribution in [3.05, 3.63) is 0 Å². The van der Waals surface area contributed by atoms with Crippen LogP contribution in [0.1, 0.15) is 59.8 Å². The Kier molecular flexibility index (Phi) is 5.07. The highest BCUT2D eigenvalue weighted by Gasteiger charge is 2.29. The zero-order valence-electron chi connectivity index (χ0n) is 10.8. The molecule has 0 spiro atoms. The van der Waals surface area contributed by atoms with Crippen LogP contribution in [0.4, 0.5) is 0 Å². The summed E-state index contributed by atoms with van der Waals surface area (Å²) >= 11 is 0. The van der Waals surface area contributed by atoms with Crippen molar-refractivity contribution in [3.63, 3.8) is 0 Å². The van der Waals surface area contributed by atoms with Crippen molar-refractivity contribution >= 4 is 0 Å². The van der Waals surface area contributed by atoms with E-state index in [0.717, 1.165) is 13.0 Å². The molecule has 0 aromatic rings. The molecule has 15 heavy (non-hydrogen) atoms. The molecule has 1 fully saturated rings. The van der Waals surface area contributed by atoms with E-state index in [1.807, 2.05) is 0 Å². The Morgan fingerprint density at radius 2 is 2.13 bits per heavy atom. The van der Waals surface area contributed by atoms with Crippen molar-refractivity contribution in [3.8, 4) is 0 Å². The second-order valence-electron chi connectivity index (χ2n) is 5.36. The molecular weight excluding hydrogens is 186 g/mol. The summed E-state index contributed by atoms with van der Waals surface area (Å²) in [4.78, 5) is 0. The average molecular weight is 213 g/mol. The molecule has 1 rings (SSSR count). The number of ether oxygens (including phenoxy) is 1. The van der Waals surface area contributed by atoms with E-state index >= 15 is 0 Å². The Bertz CT molecular complexity index is 179. The van der Waals surface area contributed by atoms with Crippen LogP contribution in [0.2, 0.25) is 0 Å². The minimum atomic E-state index is 0.0699. The standard InChI is InChI=1S/C13H27NO/c1-5-7-11(6-2)14-12-8-9-15-13(3,4)10-12/h11-12,14H,5-10H2,1-4H3. The molecule has 0 aliphatic carbocycles. The van der Waals surface area contributed by atoms with Gasteiger partial charge >= 0.3 is 0 Å². The van der Waals surface area contributed by atoms with Crippen LogP contribution in [0.15, 0.2) is 0 Å². The molecule has 2 nitrogen and oxygen atoms in total. The molecule has 1 heterocycles. The zero-order chi connectivity index (χ0) is 11.3. The van der Waals surface area contributed by atoms with E-state index in [9.17, 15) is 0 Å². The fourth-order valence-corrected chi connectivity index (χ4v) is 2.46. The van der Waals surface area contributed by atoms with Gasteiger partial charge in [0.1, 0.15) is 0 Å². The molecule has 0 aromatic carbocycles. The monoisotopic (exact) mass is 213 g/mol. The quantitative estimate of drug-likeness (QED) is 0.757. The van der Waals surface area contributed by atoms with Crippen molar-refractivity contribution < 1.29 is 4.74 Å². The zero-order valence-corrected chi connectivity index (χ0v) is 10.8. The molecule has 90 valence electrons. The molecule has 0 amide bonds. The van der Waals surface area contributed by atoms with Crippen molar-refractivity contribution in [1.82, 2.24) is 5.32 Å². The first-order chi connectivity index (χ1) is 7.07. The molecule has 2 unspecified atom stereocenters. The largest absolute Gasteiger partial charge is 0.375 e. The highest BCUT2D eigenvalue weighted by atomic mass is 16.5. The van der Waals surface area contributed by atoms with E-state index in [2.05, 4.69) is 33.0 Å². The molecule has 2 heteroatoms. The number of nitrogens with one attached hydrogen (secondary N) is 1. The van der Waals surface area contributed by atoms with Gasteiger partial charge in [0.15, 0.2) is 0 Å². The van der Waals surface area contributed by atoms with E-state index in [1.165, 1.54) is 25.7 Å². The summed E-state index contributed by atoms with van der Waals surface area (Å²) in [6.45, 7) is 9.84. The maximum Gasteiger partial charge on any atom is 0.0641 e. The first-order valence-corrected chi connectivity index (χ1v) is 6.47. The molecule has 1 aliphatic heterocycles. The molecule has 0 bridgehead atoms. The summed E-state index contributed by atoms with van der Waals surface area (Å²) < 4.78 is 5.73. The van der Waals surface area contributed by atoms with Gasteiger partial charge in [-0.3, -0.25) is 0 Å². The lowest BCUT2D eigenvalue weighted by Gasteiger charge is -2.37. The van der Waals surface area contributed by atoms with E-state index in [4.69, 9.17) is 4.74 Å². The Labute approximate surface area is 94.8 Å². The molecule has 1 saturated heterocycles. The molecule has 0 radical (unpaired) electrons. The highest BCUT2D eigenvalue weighted by Crippen LogP contribution is 2.24. The minimum absolute atomic E-state index is 0.0699. The summed E-state index contributed by atoms with van der Waals surface area (Å²) in [5.74, 6) is 0. The fourth-order valence-electron chi connectivity index (χ4n) is 2.46. The molecule has 0 aromatic heterocycles. The van der Waals surface area contributed by atoms with Crippen molar-refractivity contribution in [1.29, 1.82) is 0 Å². The van der Waals surface area contributed by atoms with Crippen LogP contribution in [0.5, 0.6) is 0 Å². The third-order valence-electron chi connectivity index (χ3n) is 3.30.